The van der Waals surface area contributed by atoms with Crippen molar-refractivity contribution in [1.82, 2.24) is 25.9 Å². The number of aromatic amines is 1. The number of ether oxygens (including phenoxy) is 1. The minimum Gasteiger partial charge on any atom is -0.445 e. The van der Waals surface area contributed by atoms with E-state index in [0.29, 0.717) is 12.2 Å². The van der Waals surface area contributed by atoms with Gasteiger partial charge in [0.15, 0.2) is 11.4 Å². The lowest BCUT2D eigenvalue weighted by Gasteiger charge is -2.42. The maximum Gasteiger partial charge on any atom is 0.409 e. The Morgan fingerprint density at radius 1 is 0.955 bits per heavy atom. The molecule has 9 nitrogen and oxygen atoms in total. The van der Waals surface area contributed by atoms with Crippen LogP contribution in [0.4, 0.5) is 4.79 Å². The van der Waals surface area contributed by atoms with E-state index in [4.69, 9.17) is 4.74 Å². The van der Waals surface area contributed by atoms with Gasteiger partial charge in [-0.15, -0.1) is 0 Å². The highest BCUT2D eigenvalue weighted by Gasteiger charge is 2.43. The molecule has 2 amide bonds. The summed E-state index contributed by atoms with van der Waals surface area (Å²) in [4.78, 5) is 48.0. The normalized spacial score (nSPS) is 15.7. The number of carbonyl (C=O) groups is 3. The molecule has 3 aromatic carbocycles. The summed E-state index contributed by atoms with van der Waals surface area (Å²) in [5.74, 6) is -0.897. The van der Waals surface area contributed by atoms with Gasteiger partial charge in [-0.3, -0.25) is 20.2 Å². The average Bonchev–Trinajstić information content (AvgIpc) is 3.53. The third-order valence-electron chi connectivity index (χ3n) is 8.42. The SMILES string of the molecule is CC(NC(Cc1cnc[nH]1)(NC(=O)OCc1ccccc1)C(=O)CC(=O)NCC1(c2ccccc2)CCC1)c1ccccc1. The lowest BCUT2D eigenvalue weighted by molar-refractivity contribution is -0.133. The molecule has 0 saturated heterocycles. The molecular formula is C35H39N5O4. The van der Waals surface area contributed by atoms with Crippen molar-refractivity contribution in [2.75, 3.05) is 6.54 Å². The first kappa shape index (κ1) is 30.7. The van der Waals surface area contributed by atoms with Gasteiger partial charge in [0, 0.05) is 36.3 Å². The molecule has 4 N–H and O–H groups in total. The number of hydrogen-bond donors (Lipinski definition) is 4. The standard InChI is InChI=1S/C35H39N5O4/c1-26(28-14-7-3-8-15-28)39-35(21-30-22-36-25-38-30,40-33(43)44-23-27-12-5-2-6-13-27)31(41)20-32(42)37-24-34(18-11-19-34)29-16-9-4-10-17-29/h2-10,12-17,22,25-26,39H,11,18-21,23-24H2,1H3,(H,36,38)(H,37,42)(H,40,43). The highest BCUT2D eigenvalue weighted by atomic mass is 16.5. The van der Waals surface area contributed by atoms with E-state index in [1.165, 1.54) is 11.9 Å². The molecule has 1 aromatic heterocycles. The number of amides is 2. The van der Waals surface area contributed by atoms with E-state index in [1.807, 2.05) is 85.8 Å². The summed E-state index contributed by atoms with van der Waals surface area (Å²) in [6.45, 7) is 2.37. The van der Waals surface area contributed by atoms with Crippen LogP contribution < -0.4 is 16.0 Å². The predicted molar refractivity (Wildman–Crippen MR) is 167 cm³/mol. The van der Waals surface area contributed by atoms with Crippen LogP contribution in [0.15, 0.2) is 104 Å². The Morgan fingerprint density at radius 3 is 2.23 bits per heavy atom. The molecule has 0 spiro atoms. The Bertz CT molecular complexity index is 1510. The fourth-order valence-corrected chi connectivity index (χ4v) is 5.76. The van der Waals surface area contributed by atoms with Gasteiger partial charge in [-0.1, -0.05) is 97.4 Å². The number of Topliss-reactive ketones (excluding diaryl/α,β-unsaturated/α-hetero) is 1. The number of imidazole rings is 1. The molecule has 2 unspecified atom stereocenters. The van der Waals surface area contributed by atoms with E-state index < -0.39 is 29.9 Å². The zero-order chi connectivity index (χ0) is 30.8. The van der Waals surface area contributed by atoms with Gasteiger partial charge in [-0.25, -0.2) is 9.78 Å². The van der Waals surface area contributed by atoms with Crippen LogP contribution in [0.3, 0.4) is 0 Å². The van der Waals surface area contributed by atoms with Gasteiger partial charge in [0.25, 0.3) is 0 Å². The minimum absolute atomic E-state index is 0.0185. The van der Waals surface area contributed by atoms with Gasteiger partial charge in [-0.2, -0.15) is 0 Å². The maximum absolute atomic E-state index is 14.2. The topological polar surface area (TPSA) is 125 Å². The molecule has 0 aliphatic heterocycles. The Kier molecular flexibility index (Phi) is 9.86. The summed E-state index contributed by atoms with van der Waals surface area (Å²) < 4.78 is 5.54. The van der Waals surface area contributed by atoms with Crippen LogP contribution in [0.25, 0.3) is 0 Å². The largest absolute Gasteiger partial charge is 0.445 e. The smallest absolute Gasteiger partial charge is 0.409 e. The van der Waals surface area contributed by atoms with Crippen LogP contribution >= 0.6 is 0 Å². The van der Waals surface area contributed by atoms with Gasteiger partial charge in [0.1, 0.15) is 6.61 Å². The van der Waals surface area contributed by atoms with Gasteiger partial charge >= 0.3 is 6.09 Å². The molecule has 228 valence electrons. The lowest BCUT2D eigenvalue weighted by atomic mass is 9.64. The zero-order valence-electron chi connectivity index (χ0n) is 24.9. The van der Waals surface area contributed by atoms with Crippen LogP contribution in [0.2, 0.25) is 0 Å². The van der Waals surface area contributed by atoms with Gasteiger partial charge in [0.05, 0.1) is 12.7 Å². The third kappa shape index (κ3) is 7.60. The second-order valence-electron chi connectivity index (χ2n) is 11.5. The quantitative estimate of drug-likeness (QED) is 0.119. The monoisotopic (exact) mass is 593 g/mol. The fraction of sp³-hybridized carbons (Fsp3) is 0.314. The molecule has 2 atom stereocenters. The summed E-state index contributed by atoms with van der Waals surface area (Å²) in [7, 11) is 0. The predicted octanol–water partition coefficient (Wildman–Crippen LogP) is 5.12. The maximum atomic E-state index is 14.2. The average molecular weight is 594 g/mol. The molecule has 1 aliphatic rings. The highest BCUT2D eigenvalue weighted by molar-refractivity contribution is 6.04. The first-order valence-electron chi connectivity index (χ1n) is 15.0. The van der Waals surface area contributed by atoms with E-state index in [1.54, 1.807) is 6.20 Å². The van der Waals surface area contributed by atoms with Crippen molar-refractivity contribution in [1.29, 1.82) is 0 Å². The Labute approximate surface area is 257 Å². The molecule has 9 heteroatoms. The molecule has 0 bridgehead atoms. The summed E-state index contributed by atoms with van der Waals surface area (Å²) in [5, 5.41) is 9.19. The molecule has 5 rings (SSSR count). The van der Waals surface area contributed by atoms with Gasteiger partial charge < -0.3 is 15.0 Å². The van der Waals surface area contributed by atoms with Gasteiger partial charge in [0.2, 0.25) is 5.91 Å². The van der Waals surface area contributed by atoms with E-state index >= 15 is 0 Å². The van der Waals surface area contributed by atoms with Gasteiger partial charge in [-0.05, 0) is 36.5 Å². The molecule has 44 heavy (non-hydrogen) atoms. The summed E-state index contributed by atoms with van der Waals surface area (Å²) >= 11 is 0. The van der Waals surface area contributed by atoms with E-state index in [9.17, 15) is 14.4 Å². The van der Waals surface area contributed by atoms with Crippen LogP contribution in [-0.4, -0.2) is 40.0 Å². The molecule has 1 heterocycles. The Hall–Kier alpha value is -4.76. The van der Waals surface area contributed by atoms with Crippen molar-refractivity contribution in [3.05, 3.63) is 126 Å². The number of H-pyrrole nitrogens is 1. The molecule has 0 radical (unpaired) electrons. The number of ketones is 1. The van der Waals surface area contributed by atoms with Crippen molar-refractivity contribution >= 4 is 17.8 Å². The van der Waals surface area contributed by atoms with E-state index in [-0.39, 0.29) is 24.5 Å². The zero-order valence-corrected chi connectivity index (χ0v) is 24.9. The number of rotatable bonds is 14. The third-order valence-corrected chi connectivity index (χ3v) is 8.42. The number of hydrogen-bond acceptors (Lipinski definition) is 6. The van der Waals surface area contributed by atoms with Crippen LogP contribution in [0, 0.1) is 0 Å². The Morgan fingerprint density at radius 2 is 1.61 bits per heavy atom. The molecule has 1 aliphatic carbocycles. The highest BCUT2D eigenvalue weighted by Crippen LogP contribution is 2.43. The van der Waals surface area contributed by atoms with E-state index in [0.717, 1.165) is 30.4 Å². The molecular weight excluding hydrogens is 554 g/mol. The van der Waals surface area contributed by atoms with Crippen LogP contribution in [0.5, 0.6) is 0 Å². The van der Waals surface area contributed by atoms with Crippen molar-refractivity contribution in [2.45, 2.75) is 62.8 Å². The summed E-state index contributed by atoms with van der Waals surface area (Å²) in [6.07, 6.45) is 4.93. The number of nitrogens with one attached hydrogen (secondary N) is 4. The van der Waals surface area contributed by atoms with Crippen molar-refractivity contribution < 1.29 is 19.1 Å². The lowest BCUT2D eigenvalue weighted by Crippen LogP contribution is -2.66. The second kappa shape index (κ2) is 14.1. The van der Waals surface area contributed by atoms with E-state index in [2.05, 4.69) is 38.1 Å². The summed E-state index contributed by atoms with van der Waals surface area (Å²) in [6, 6.07) is 28.7. The molecule has 1 saturated carbocycles. The Balaban J connectivity index is 1.36. The van der Waals surface area contributed by atoms with Crippen LogP contribution in [-0.2, 0) is 32.8 Å². The number of benzene rings is 3. The minimum atomic E-state index is -1.68. The molecule has 1 fully saturated rings. The van der Waals surface area contributed by atoms with Crippen molar-refractivity contribution in [3.8, 4) is 0 Å². The van der Waals surface area contributed by atoms with Crippen molar-refractivity contribution in [2.24, 2.45) is 0 Å². The number of nitrogens with zero attached hydrogens (tertiary/aromatic N) is 1. The number of aromatic nitrogens is 2. The molecule has 4 aromatic rings. The van der Waals surface area contributed by atoms with Crippen molar-refractivity contribution in [3.63, 3.8) is 0 Å². The number of alkyl carbamates (subject to hydrolysis) is 1. The van der Waals surface area contributed by atoms with Crippen LogP contribution in [0.1, 0.15) is 61.0 Å². The number of carbonyl (C=O) groups excluding carboxylic acids is 3. The second-order valence-corrected chi connectivity index (χ2v) is 11.5. The summed E-state index contributed by atoms with van der Waals surface area (Å²) in [5.41, 5.74) is 1.70. The first-order chi connectivity index (χ1) is 21.4. The fourth-order valence-electron chi connectivity index (χ4n) is 5.76. The first-order valence-corrected chi connectivity index (χ1v) is 15.0.